The molecule has 2 aromatic rings. The first-order chi connectivity index (χ1) is 11.5. The first-order valence-electron chi connectivity index (χ1n) is 7.30. The molecular weight excluding hydrogens is 312 g/mol. The molecule has 0 fully saturated rings. The summed E-state index contributed by atoms with van der Waals surface area (Å²) in [6.45, 7) is 0. The number of hydrogen-bond acceptors (Lipinski definition) is 6. The van der Waals surface area contributed by atoms with Gasteiger partial charge in [0.15, 0.2) is 11.5 Å². The molecule has 0 saturated carbocycles. The Hall–Kier alpha value is -3.22. The van der Waals surface area contributed by atoms with E-state index in [-0.39, 0.29) is 11.4 Å². The number of non-ortho nitro benzene ring substituents is 1. The second-order valence-electron chi connectivity index (χ2n) is 5.52. The first-order valence-corrected chi connectivity index (χ1v) is 7.30. The van der Waals surface area contributed by atoms with Crippen LogP contribution in [-0.4, -0.2) is 25.0 Å². The SMILES string of the molecule is COc1cc([N+](=O)[O-])cc2c1OC1(C=C2)Oc2ccccc2N1C. The molecule has 0 radical (unpaired) electrons. The smallest absolute Gasteiger partial charge is 0.360 e. The fourth-order valence-electron chi connectivity index (χ4n) is 2.92. The van der Waals surface area contributed by atoms with Gasteiger partial charge in [0.25, 0.3) is 5.69 Å². The number of fused-ring (bicyclic) bond motifs is 2. The van der Waals surface area contributed by atoms with E-state index in [4.69, 9.17) is 14.2 Å². The molecule has 0 N–H and O–H groups in total. The fourth-order valence-corrected chi connectivity index (χ4v) is 2.92. The Kier molecular flexibility index (Phi) is 2.93. The maximum absolute atomic E-state index is 11.1. The maximum atomic E-state index is 11.1. The minimum Gasteiger partial charge on any atom is -0.493 e. The van der Waals surface area contributed by atoms with Gasteiger partial charge in [-0.1, -0.05) is 12.1 Å². The van der Waals surface area contributed by atoms with Crippen LogP contribution in [0, 0.1) is 10.1 Å². The van der Waals surface area contributed by atoms with Crippen LogP contribution in [0.1, 0.15) is 5.56 Å². The number of ether oxygens (including phenoxy) is 3. The number of nitrogens with zero attached hydrogens (tertiary/aromatic N) is 2. The molecule has 7 nitrogen and oxygen atoms in total. The maximum Gasteiger partial charge on any atom is 0.360 e. The molecule has 24 heavy (non-hydrogen) atoms. The average Bonchev–Trinajstić information content (AvgIpc) is 2.86. The molecule has 122 valence electrons. The predicted molar refractivity (Wildman–Crippen MR) is 87.5 cm³/mol. The Morgan fingerprint density at radius 3 is 2.75 bits per heavy atom. The third-order valence-electron chi connectivity index (χ3n) is 4.17. The quantitative estimate of drug-likeness (QED) is 0.623. The molecular formula is C17H14N2O5. The van der Waals surface area contributed by atoms with Crippen LogP contribution in [0.3, 0.4) is 0 Å². The van der Waals surface area contributed by atoms with Gasteiger partial charge in [-0.2, -0.15) is 0 Å². The van der Waals surface area contributed by atoms with Gasteiger partial charge >= 0.3 is 5.91 Å². The lowest BCUT2D eigenvalue weighted by Gasteiger charge is -2.35. The fraction of sp³-hybridized carbons (Fsp3) is 0.176. The molecule has 2 aromatic carbocycles. The van der Waals surface area contributed by atoms with Crippen molar-refractivity contribution >= 4 is 17.5 Å². The first kappa shape index (κ1) is 14.4. The van der Waals surface area contributed by atoms with Crippen LogP contribution in [0.5, 0.6) is 17.2 Å². The van der Waals surface area contributed by atoms with E-state index in [0.717, 1.165) is 5.69 Å². The summed E-state index contributed by atoms with van der Waals surface area (Å²) in [7, 11) is 3.31. The van der Waals surface area contributed by atoms with Crippen LogP contribution in [0.4, 0.5) is 11.4 Å². The summed E-state index contributed by atoms with van der Waals surface area (Å²) in [5, 5.41) is 11.1. The van der Waals surface area contributed by atoms with Gasteiger partial charge in [-0.15, -0.1) is 0 Å². The Labute approximate surface area is 137 Å². The second-order valence-corrected chi connectivity index (χ2v) is 5.52. The van der Waals surface area contributed by atoms with Crippen molar-refractivity contribution in [1.29, 1.82) is 0 Å². The monoisotopic (exact) mass is 326 g/mol. The number of hydrogen-bond donors (Lipinski definition) is 0. The highest BCUT2D eigenvalue weighted by Gasteiger charge is 2.47. The van der Waals surface area contributed by atoms with Crippen LogP contribution in [0.15, 0.2) is 42.5 Å². The van der Waals surface area contributed by atoms with Crippen molar-refractivity contribution in [3.8, 4) is 17.2 Å². The van der Waals surface area contributed by atoms with E-state index in [1.54, 1.807) is 12.2 Å². The zero-order valence-electron chi connectivity index (χ0n) is 13.1. The van der Waals surface area contributed by atoms with E-state index >= 15 is 0 Å². The van der Waals surface area contributed by atoms with Crippen molar-refractivity contribution in [3.63, 3.8) is 0 Å². The Morgan fingerprint density at radius 2 is 2.04 bits per heavy atom. The van der Waals surface area contributed by atoms with Crippen molar-refractivity contribution in [3.05, 3.63) is 58.2 Å². The predicted octanol–water partition coefficient (Wildman–Crippen LogP) is 3.19. The molecule has 7 heteroatoms. The lowest BCUT2D eigenvalue weighted by Crippen LogP contribution is -2.52. The number of anilines is 1. The number of rotatable bonds is 2. The van der Waals surface area contributed by atoms with E-state index < -0.39 is 10.8 Å². The molecule has 0 saturated heterocycles. The largest absolute Gasteiger partial charge is 0.493 e. The molecule has 2 heterocycles. The molecule has 2 aliphatic rings. The highest BCUT2D eigenvalue weighted by atomic mass is 16.7. The molecule has 1 unspecified atom stereocenters. The molecule has 1 atom stereocenters. The lowest BCUT2D eigenvalue weighted by atomic mass is 10.1. The number of benzene rings is 2. The standard InChI is InChI=1S/C17H14N2O5/c1-18-13-5-3-4-6-14(13)23-17(18)8-7-11-9-12(19(20)21)10-15(22-2)16(11)24-17/h3-10H,1-2H3. The highest BCUT2D eigenvalue weighted by molar-refractivity contribution is 5.72. The summed E-state index contributed by atoms with van der Waals surface area (Å²) in [5.41, 5.74) is 1.41. The second kappa shape index (κ2) is 4.89. The molecule has 0 bridgehead atoms. The van der Waals surface area contributed by atoms with E-state index in [1.807, 2.05) is 36.2 Å². The number of nitro benzene ring substituents is 1. The average molecular weight is 326 g/mol. The highest BCUT2D eigenvalue weighted by Crippen LogP contribution is 2.48. The minimum atomic E-state index is -1.14. The zero-order chi connectivity index (χ0) is 16.9. The van der Waals surface area contributed by atoms with Gasteiger partial charge < -0.3 is 14.2 Å². The third kappa shape index (κ3) is 1.91. The molecule has 1 spiro atoms. The van der Waals surface area contributed by atoms with Gasteiger partial charge in [-0.25, -0.2) is 0 Å². The topological polar surface area (TPSA) is 74.1 Å². The van der Waals surface area contributed by atoms with Gasteiger partial charge in [-0.05, 0) is 18.2 Å². The molecule has 2 aliphatic heterocycles. The van der Waals surface area contributed by atoms with E-state index in [2.05, 4.69) is 0 Å². The molecule has 0 aromatic heterocycles. The van der Waals surface area contributed by atoms with Gasteiger partial charge in [0, 0.05) is 24.8 Å². The van der Waals surface area contributed by atoms with Crippen molar-refractivity contribution in [1.82, 2.24) is 0 Å². The van der Waals surface area contributed by atoms with Crippen LogP contribution in [-0.2, 0) is 0 Å². The van der Waals surface area contributed by atoms with Crippen molar-refractivity contribution in [2.75, 3.05) is 19.1 Å². The van der Waals surface area contributed by atoms with Crippen LogP contribution >= 0.6 is 0 Å². The number of methoxy groups -OCH3 is 1. The number of likely N-dealkylation sites (N-methyl/N-ethyl adjacent to an activating group) is 1. The number of nitro groups is 1. The van der Waals surface area contributed by atoms with Crippen molar-refractivity contribution < 1.29 is 19.1 Å². The Balaban J connectivity index is 1.80. The van der Waals surface area contributed by atoms with E-state index in [1.165, 1.54) is 19.2 Å². The van der Waals surface area contributed by atoms with E-state index in [0.29, 0.717) is 17.1 Å². The summed E-state index contributed by atoms with van der Waals surface area (Å²) >= 11 is 0. The van der Waals surface area contributed by atoms with E-state index in [9.17, 15) is 10.1 Å². The summed E-state index contributed by atoms with van der Waals surface area (Å²) in [5.74, 6) is 0.259. The van der Waals surface area contributed by atoms with Crippen molar-refractivity contribution in [2.24, 2.45) is 0 Å². The number of para-hydroxylation sites is 2. The molecule has 4 rings (SSSR count). The summed E-state index contributed by atoms with van der Waals surface area (Å²) in [6.07, 6.45) is 3.48. The van der Waals surface area contributed by atoms with Gasteiger partial charge in [0.1, 0.15) is 5.75 Å². The summed E-state index contributed by atoms with van der Waals surface area (Å²) < 4.78 is 17.4. The third-order valence-corrected chi connectivity index (χ3v) is 4.17. The molecule has 0 aliphatic carbocycles. The summed E-state index contributed by atoms with van der Waals surface area (Å²) in [4.78, 5) is 12.5. The molecule has 0 amide bonds. The van der Waals surface area contributed by atoms with Crippen LogP contribution in [0.25, 0.3) is 6.08 Å². The minimum absolute atomic E-state index is 0.0567. The zero-order valence-corrected chi connectivity index (χ0v) is 13.1. The van der Waals surface area contributed by atoms with Gasteiger partial charge in [0.05, 0.1) is 23.8 Å². The Morgan fingerprint density at radius 1 is 1.25 bits per heavy atom. The van der Waals surface area contributed by atoms with Crippen LogP contribution < -0.4 is 19.1 Å². The van der Waals surface area contributed by atoms with Gasteiger partial charge in [-0.3, -0.25) is 15.0 Å². The normalized spacial score (nSPS) is 20.2. The summed E-state index contributed by atoms with van der Waals surface area (Å²) in [6, 6.07) is 10.4. The van der Waals surface area contributed by atoms with Crippen LogP contribution in [0.2, 0.25) is 0 Å². The van der Waals surface area contributed by atoms with Gasteiger partial charge in [0.2, 0.25) is 0 Å². The Bertz CT molecular complexity index is 879. The van der Waals surface area contributed by atoms with Crippen molar-refractivity contribution in [2.45, 2.75) is 5.91 Å². The lowest BCUT2D eigenvalue weighted by molar-refractivity contribution is -0.385.